The molecule has 0 unspecified atom stereocenters. The average molecular weight is 460 g/mol. The molecule has 2 aromatic heterocycles. The van der Waals surface area contributed by atoms with E-state index in [4.69, 9.17) is 0 Å². The second-order valence-corrected chi connectivity index (χ2v) is 7.82. The zero-order chi connectivity index (χ0) is 21.1. The molecule has 9 heteroatoms. The van der Waals surface area contributed by atoms with E-state index in [9.17, 15) is 9.18 Å². The van der Waals surface area contributed by atoms with Crippen LogP contribution in [0.2, 0.25) is 0 Å². The van der Waals surface area contributed by atoms with E-state index in [0.29, 0.717) is 28.4 Å². The maximum Gasteiger partial charge on any atom is 0.280 e. The SMILES string of the molecule is CCN(CC)CCN(C(=O)c1cnc2ccccc2n1)c1nc2c(F)cccc2s1.Cl. The summed E-state index contributed by atoms with van der Waals surface area (Å²) in [5.41, 5.74) is 1.91. The van der Waals surface area contributed by atoms with Crippen LogP contribution in [0, 0.1) is 5.82 Å². The van der Waals surface area contributed by atoms with Crippen LogP contribution in [0.15, 0.2) is 48.7 Å². The summed E-state index contributed by atoms with van der Waals surface area (Å²) in [5, 5.41) is 0.460. The summed E-state index contributed by atoms with van der Waals surface area (Å²) in [6.07, 6.45) is 1.49. The number of thiazole rings is 1. The number of rotatable bonds is 7. The fourth-order valence-electron chi connectivity index (χ4n) is 3.28. The summed E-state index contributed by atoms with van der Waals surface area (Å²) in [5.74, 6) is -0.684. The third kappa shape index (κ3) is 4.81. The summed E-state index contributed by atoms with van der Waals surface area (Å²) >= 11 is 1.30. The van der Waals surface area contributed by atoms with Crippen molar-refractivity contribution in [3.05, 3.63) is 60.2 Å². The van der Waals surface area contributed by atoms with Crippen molar-refractivity contribution in [3.63, 3.8) is 0 Å². The molecule has 0 bridgehead atoms. The summed E-state index contributed by atoms with van der Waals surface area (Å²) in [6.45, 7) is 7.02. The molecule has 6 nitrogen and oxygen atoms in total. The Morgan fingerprint density at radius 2 is 1.74 bits per heavy atom. The van der Waals surface area contributed by atoms with Crippen LogP contribution in [-0.4, -0.2) is 51.9 Å². The Hall–Kier alpha value is -2.68. The van der Waals surface area contributed by atoms with Gasteiger partial charge in [-0.25, -0.2) is 14.4 Å². The number of carbonyl (C=O) groups is 1. The van der Waals surface area contributed by atoms with E-state index in [1.54, 1.807) is 11.0 Å². The van der Waals surface area contributed by atoms with Crippen LogP contribution in [0.1, 0.15) is 24.3 Å². The average Bonchev–Trinajstić information content (AvgIpc) is 3.21. The third-order valence-corrected chi connectivity index (χ3v) is 6.08. The van der Waals surface area contributed by atoms with Crippen molar-refractivity contribution >= 4 is 56.0 Å². The van der Waals surface area contributed by atoms with Crippen LogP contribution >= 0.6 is 23.7 Å². The maximum atomic E-state index is 14.2. The van der Waals surface area contributed by atoms with Crippen molar-refractivity contribution in [1.82, 2.24) is 19.9 Å². The normalized spacial score (nSPS) is 11.1. The third-order valence-electron chi connectivity index (χ3n) is 5.04. The van der Waals surface area contributed by atoms with Crippen LogP contribution in [0.25, 0.3) is 21.3 Å². The number of fused-ring (bicyclic) bond motifs is 2. The minimum absolute atomic E-state index is 0. The van der Waals surface area contributed by atoms with Crippen molar-refractivity contribution < 1.29 is 9.18 Å². The van der Waals surface area contributed by atoms with Crippen molar-refractivity contribution in [2.24, 2.45) is 0 Å². The van der Waals surface area contributed by atoms with Crippen LogP contribution in [0.4, 0.5) is 9.52 Å². The second-order valence-electron chi connectivity index (χ2n) is 6.81. The van der Waals surface area contributed by atoms with Gasteiger partial charge in [-0.05, 0) is 37.4 Å². The van der Waals surface area contributed by atoms with Gasteiger partial charge in [0.1, 0.15) is 17.0 Å². The lowest BCUT2D eigenvalue weighted by atomic mass is 10.3. The predicted octanol–water partition coefficient (Wildman–Crippen LogP) is 4.79. The molecule has 4 rings (SSSR count). The van der Waals surface area contributed by atoms with Crippen molar-refractivity contribution in [1.29, 1.82) is 0 Å². The van der Waals surface area contributed by atoms with Crippen molar-refractivity contribution in [2.45, 2.75) is 13.8 Å². The topological polar surface area (TPSA) is 62.2 Å². The molecule has 0 radical (unpaired) electrons. The highest BCUT2D eigenvalue weighted by molar-refractivity contribution is 7.22. The molecule has 0 saturated carbocycles. The van der Waals surface area contributed by atoms with Gasteiger partial charge >= 0.3 is 0 Å². The van der Waals surface area contributed by atoms with E-state index in [0.717, 1.165) is 18.6 Å². The molecule has 0 atom stereocenters. The lowest BCUT2D eigenvalue weighted by Crippen LogP contribution is -2.39. The number of halogens is 2. The number of amides is 1. The van der Waals surface area contributed by atoms with E-state index in [1.807, 2.05) is 30.3 Å². The number of carbonyl (C=O) groups excluding carboxylic acids is 1. The van der Waals surface area contributed by atoms with Crippen LogP contribution < -0.4 is 4.90 Å². The number of hydrogen-bond donors (Lipinski definition) is 0. The molecule has 0 aliphatic rings. The van der Waals surface area contributed by atoms with Crippen LogP contribution in [0.5, 0.6) is 0 Å². The molecule has 4 aromatic rings. The molecular weight excluding hydrogens is 437 g/mol. The number of para-hydroxylation sites is 3. The van der Waals surface area contributed by atoms with Gasteiger partial charge in [-0.1, -0.05) is 43.4 Å². The van der Waals surface area contributed by atoms with Gasteiger partial charge in [-0.2, -0.15) is 0 Å². The monoisotopic (exact) mass is 459 g/mol. The van der Waals surface area contributed by atoms with Gasteiger partial charge in [0, 0.05) is 13.1 Å². The molecule has 0 aliphatic carbocycles. The molecule has 0 saturated heterocycles. The molecule has 0 spiro atoms. The minimum Gasteiger partial charge on any atom is -0.302 e. The first-order valence-corrected chi connectivity index (χ1v) is 10.7. The second kappa shape index (κ2) is 10.1. The fraction of sp³-hybridized carbons (Fsp3) is 0.273. The smallest absolute Gasteiger partial charge is 0.280 e. The Labute approximate surface area is 190 Å². The number of aromatic nitrogens is 3. The van der Waals surface area contributed by atoms with Crippen molar-refractivity contribution in [2.75, 3.05) is 31.1 Å². The van der Waals surface area contributed by atoms with Gasteiger partial charge in [-0.15, -0.1) is 12.4 Å². The van der Waals surface area contributed by atoms with E-state index in [1.165, 1.54) is 23.6 Å². The molecule has 2 heterocycles. The fourth-order valence-corrected chi connectivity index (χ4v) is 4.29. The Balaban J connectivity index is 0.00000272. The largest absolute Gasteiger partial charge is 0.302 e. The molecule has 162 valence electrons. The first-order chi connectivity index (χ1) is 14.6. The van der Waals surface area contributed by atoms with Gasteiger partial charge in [0.2, 0.25) is 0 Å². The highest BCUT2D eigenvalue weighted by atomic mass is 35.5. The Morgan fingerprint density at radius 1 is 1.00 bits per heavy atom. The first-order valence-electron chi connectivity index (χ1n) is 9.91. The lowest BCUT2D eigenvalue weighted by molar-refractivity contribution is 0.0979. The minimum atomic E-state index is -0.392. The summed E-state index contributed by atoms with van der Waals surface area (Å²) in [6, 6.07) is 12.3. The van der Waals surface area contributed by atoms with Gasteiger partial charge in [0.05, 0.1) is 21.9 Å². The van der Waals surface area contributed by atoms with Gasteiger partial charge in [0.15, 0.2) is 5.13 Å². The molecule has 0 N–H and O–H groups in total. The van der Waals surface area contributed by atoms with Gasteiger partial charge < -0.3 is 4.90 Å². The van der Waals surface area contributed by atoms with E-state index < -0.39 is 5.82 Å². The highest BCUT2D eigenvalue weighted by Gasteiger charge is 2.24. The van der Waals surface area contributed by atoms with E-state index >= 15 is 0 Å². The van der Waals surface area contributed by atoms with Gasteiger partial charge in [-0.3, -0.25) is 14.7 Å². The summed E-state index contributed by atoms with van der Waals surface area (Å²) in [7, 11) is 0. The molecule has 0 fully saturated rings. The van der Waals surface area contributed by atoms with E-state index in [-0.39, 0.29) is 29.5 Å². The molecular formula is C22H23ClFN5OS. The zero-order valence-corrected chi connectivity index (χ0v) is 18.9. The standard InChI is InChI=1S/C22H22FN5OS.ClH/c1-3-27(4-2)12-13-28(22-26-20-15(23)8-7-11-19(20)30-22)21(29)18-14-24-16-9-5-6-10-17(16)25-18;/h5-11,14H,3-4,12-13H2,1-2H3;1H. The number of likely N-dealkylation sites (N-methyl/N-ethyl adjacent to an activating group) is 1. The number of benzene rings is 2. The van der Waals surface area contributed by atoms with Gasteiger partial charge in [0.25, 0.3) is 5.91 Å². The van der Waals surface area contributed by atoms with Crippen LogP contribution in [0.3, 0.4) is 0 Å². The Morgan fingerprint density at radius 3 is 2.45 bits per heavy atom. The van der Waals surface area contributed by atoms with Crippen molar-refractivity contribution in [3.8, 4) is 0 Å². The molecule has 1 amide bonds. The highest BCUT2D eigenvalue weighted by Crippen LogP contribution is 2.31. The summed E-state index contributed by atoms with van der Waals surface area (Å²) < 4.78 is 14.9. The first kappa shape index (κ1) is 23.0. The quantitative estimate of drug-likeness (QED) is 0.397. The number of anilines is 1. The number of hydrogen-bond acceptors (Lipinski definition) is 6. The lowest BCUT2D eigenvalue weighted by Gasteiger charge is -2.24. The molecule has 31 heavy (non-hydrogen) atoms. The molecule has 0 aliphatic heterocycles. The Bertz CT molecular complexity index is 1200. The zero-order valence-electron chi connectivity index (χ0n) is 17.3. The van der Waals surface area contributed by atoms with Crippen LogP contribution in [-0.2, 0) is 0 Å². The van der Waals surface area contributed by atoms with E-state index in [2.05, 4.69) is 33.7 Å². The Kier molecular flexibility index (Phi) is 7.48. The maximum absolute atomic E-state index is 14.2. The number of nitrogens with zero attached hydrogens (tertiary/aromatic N) is 5. The molecule has 2 aromatic carbocycles. The predicted molar refractivity (Wildman–Crippen MR) is 126 cm³/mol. The summed E-state index contributed by atoms with van der Waals surface area (Å²) in [4.78, 5) is 30.5.